The highest BCUT2D eigenvalue weighted by molar-refractivity contribution is 9.10. The van der Waals surface area contributed by atoms with Crippen molar-refractivity contribution in [3.63, 3.8) is 0 Å². The van der Waals surface area contributed by atoms with Crippen LogP contribution in [-0.4, -0.2) is 24.6 Å². The summed E-state index contributed by atoms with van der Waals surface area (Å²) in [6.07, 6.45) is 3.59. The number of anilines is 1. The van der Waals surface area contributed by atoms with Crippen LogP contribution < -0.4 is 10.6 Å². The van der Waals surface area contributed by atoms with Crippen LogP contribution in [0.4, 0.5) is 5.69 Å². The molecule has 0 radical (unpaired) electrons. The molecule has 1 heterocycles. The minimum atomic E-state index is 0.669. The second-order valence-electron chi connectivity index (χ2n) is 2.70. The Labute approximate surface area is 87.1 Å². The van der Waals surface area contributed by atoms with E-state index in [0.717, 1.165) is 23.2 Å². The lowest BCUT2D eigenvalue weighted by Crippen LogP contribution is -2.29. The van der Waals surface area contributed by atoms with E-state index in [1.165, 1.54) is 0 Å². The van der Waals surface area contributed by atoms with Gasteiger partial charge in [-0.15, -0.1) is 0 Å². The van der Waals surface area contributed by atoms with Crippen LogP contribution in [0.5, 0.6) is 0 Å². The summed E-state index contributed by atoms with van der Waals surface area (Å²) >= 11 is 3.46. The molecule has 0 aliphatic rings. The summed E-state index contributed by atoms with van der Waals surface area (Å²) in [5, 5.41) is 0. The van der Waals surface area contributed by atoms with Crippen LogP contribution in [0.1, 0.15) is 6.92 Å². The Bertz CT molecular complexity index is 265. The number of nitrogens with two attached hydrogens (primary N) is 1. The van der Waals surface area contributed by atoms with E-state index in [0.29, 0.717) is 6.54 Å². The van der Waals surface area contributed by atoms with Crippen molar-refractivity contribution >= 4 is 21.6 Å². The zero-order valence-electron chi connectivity index (χ0n) is 7.70. The van der Waals surface area contributed by atoms with Crippen molar-refractivity contribution in [1.29, 1.82) is 0 Å². The standard InChI is InChI=1S/C9H14BrN3/c1-2-13(6-4-11)9-3-5-12-7-8(9)10/h3,5,7H,2,4,6,11H2,1H3. The lowest BCUT2D eigenvalue weighted by atomic mass is 10.3. The molecule has 2 N–H and O–H groups in total. The maximum atomic E-state index is 5.52. The average molecular weight is 244 g/mol. The van der Waals surface area contributed by atoms with Crippen molar-refractivity contribution in [3.05, 3.63) is 22.9 Å². The third kappa shape index (κ3) is 2.67. The van der Waals surface area contributed by atoms with Gasteiger partial charge in [-0.25, -0.2) is 0 Å². The van der Waals surface area contributed by atoms with Gasteiger partial charge in [0.05, 0.1) is 10.2 Å². The summed E-state index contributed by atoms with van der Waals surface area (Å²) in [6, 6.07) is 1.99. The summed E-state index contributed by atoms with van der Waals surface area (Å²) in [5.74, 6) is 0. The molecule has 0 aliphatic heterocycles. The Kier molecular flexibility index (Phi) is 4.18. The molecule has 0 aliphatic carbocycles. The number of hydrogen-bond acceptors (Lipinski definition) is 3. The fourth-order valence-corrected chi connectivity index (χ4v) is 1.73. The Balaban J connectivity index is 2.84. The maximum absolute atomic E-state index is 5.52. The first-order valence-corrected chi connectivity index (χ1v) is 5.13. The third-order valence-corrected chi connectivity index (χ3v) is 2.48. The maximum Gasteiger partial charge on any atom is 0.0592 e. The van der Waals surface area contributed by atoms with Gasteiger partial charge in [-0.1, -0.05) is 0 Å². The minimum absolute atomic E-state index is 0.669. The Hall–Kier alpha value is -0.610. The van der Waals surface area contributed by atoms with Gasteiger partial charge in [0.25, 0.3) is 0 Å². The first kappa shape index (κ1) is 10.5. The van der Waals surface area contributed by atoms with Crippen molar-refractivity contribution in [2.24, 2.45) is 5.73 Å². The number of hydrogen-bond donors (Lipinski definition) is 1. The molecule has 3 nitrogen and oxygen atoms in total. The number of halogens is 1. The van der Waals surface area contributed by atoms with Crippen LogP contribution in [0, 0.1) is 0 Å². The molecule has 0 atom stereocenters. The van der Waals surface area contributed by atoms with Gasteiger partial charge in [0.15, 0.2) is 0 Å². The van der Waals surface area contributed by atoms with Crippen molar-refractivity contribution in [3.8, 4) is 0 Å². The first-order chi connectivity index (χ1) is 6.29. The van der Waals surface area contributed by atoms with E-state index in [9.17, 15) is 0 Å². The Morgan fingerprint density at radius 3 is 2.92 bits per heavy atom. The topological polar surface area (TPSA) is 42.1 Å². The highest BCUT2D eigenvalue weighted by Crippen LogP contribution is 2.23. The molecule has 1 aromatic heterocycles. The molecule has 0 fully saturated rings. The summed E-state index contributed by atoms with van der Waals surface area (Å²) in [7, 11) is 0. The highest BCUT2D eigenvalue weighted by atomic mass is 79.9. The summed E-state index contributed by atoms with van der Waals surface area (Å²) in [6.45, 7) is 4.62. The minimum Gasteiger partial charge on any atom is -0.370 e. The van der Waals surface area contributed by atoms with Crippen LogP contribution in [0.15, 0.2) is 22.9 Å². The molecule has 0 saturated heterocycles. The molecule has 13 heavy (non-hydrogen) atoms. The van der Waals surface area contributed by atoms with Crippen LogP contribution in [0.2, 0.25) is 0 Å². The van der Waals surface area contributed by atoms with Gasteiger partial charge in [0, 0.05) is 32.0 Å². The van der Waals surface area contributed by atoms with Crippen molar-refractivity contribution < 1.29 is 0 Å². The van der Waals surface area contributed by atoms with Gasteiger partial charge in [-0.3, -0.25) is 4.98 Å². The summed E-state index contributed by atoms with van der Waals surface area (Å²) in [4.78, 5) is 6.23. The van der Waals surface area contributed by atoms with Gasteiger partial charge in [-0.05, 0) is 28.9 Å². The van der Waals surface area contributed by atoms with Crippen molar-refractivity contribution in [2.45, 2.75) is 6.92 Å². The zero-order chi connectivity index (χ0) is 9.68. The van der Waals surface area contributed by atoms with Crippen molar-refractivity contribution in [1.82, 2.24) is 4.98 Å². The lowest BCUT2D eigenvalue weighted by molar-refractivity contribution is 0.814. The predicted octanol–water partition coefficient (Wildman–Crippen LogP) is 1.63. The van der Waals surface area contributed by atoms with Crippen LogP contribution in [0.25, 0.3) is 0 Å². The van der Waals surface area contributed by atoms with E-state index < -0.39 is 0 Å². The zero-order valence-corrected chi connectivity index (χ0v) is 9.29. The van der Waals surface area contributed by atoms with Gasteiger partial charge >= 0.3 is 0 Å². The van der Waals surface area contributed by atoms with E-state index in [2.05, 4.69) is 32.7 Å². The molecule has 0 amide bonds. The fourth-order valence-electron chi connectivity index (χ4n) is 1.23. The molecular weight excluding hydrogens is 230 g/mol. The summed E-state index contributed by atoms with van der Waals surface area (Å²) in [5.41, 5.74) is 6.68. The normalized spacial score (nSPS) is 10.1. The van der Waals surface area contributed by atoms with Crippen LogP contribution in [0.3, 0.4) is 0 Å². The number of pyridine rings is 1. The average Bonchev–Trinajstić information content (AvgIpc) is 2.16. The fraction of sp³-hybridized carbons (Fsp3) is 0.444. The number of rotatable bonds is 4. The molecule has 0 spiro atoms. The molecule has 1 rings (SSSR count). The monoisotopic (exact) mass is 243 g/mol. The molecule has 72 valence electrons. The first-order valence-electron chi connectivity index (χ1n) is 4.34. The van der Waals surface area contributed by atoms with Crippen molar-refractivity contribution in [2.75, 3.05) is 24.5 Å². The largest absolute Gasteiger partial charge is 0.370 e. The Morgan fingerprint density at radius 2 is 2.38 bits per heavy atom. The second-order valence-corrected chi connectivity index (χ2v) is 3.55. The predicted molar refractivity (Wildman–Crippen MR) is 58.9 cm³/mol. The third-order valence-electron chi connectivity index (χ3n) is 1.87. The van der Waals surface area contributed by atoms with E-state index in [1.807, 2.05) is 6.07 Å². The SMILES string of the molecule is CCN(CCN)c1ccncc1Br. The molecule has 4 heteroatoms. The highest BCUT2D eigenvalue weighted by Gasteiger charge is 2.05. The smallest absolute Gasteiger partial charge is 0.0592 e. The Morgan fingerprint density at radius 1 is 1.62 bits per heavy atom. The van der Waals surface area contributed by atoms with E-state index in [4.69, 9.17) is 5.73 Å². The van der Waals surface area contributed by atoms with Gasteiger partial charge in [0.2, 0.25) is 0 Å². The molecule has 1 aromatic rings. The molecular formula is C9H14BrN3. The van der Waals surface area contributed by atoms with E-state index >= 15 is 0 Å². The van der Waals surface area contributed by atoms with E-state index in [-0.39, 0.29) is 0 Å². The molecule has 0 saturated carbocycles. The number of nitrogens with zero attached hydrogens (tertiary/aromatic N) is 2. The van der Waals surface area contributed by atoms with Crippen LogP contribution in [-0.2, 0) is 0 Å². The van der Waals surface area contributed by atoms with Gasteiger partial charge in [0.1, 0.15) is 0 Å². The quantitative estimate of drug-likeness (QED) is 0.875. The molecule has 0 unspecified atom stereocenters. The van der Waals surface area contributed by atoms with E-state index in [1.54, 1.807) is 12.4 Å². The molecule has 0 bridgehead atoms. The van der Waals surface area contributed by atoms with Crippen LogP contribution >= 0.6 is 15.9 Å². The summed E-state index contributed by atoms with van der Waals surface area (Å²) < 4.78 is 1.02. The van der Waals surface area contributed by atoms with Gasteiger partial charge in [-0.2, -0.15) is 0 Å². The lowest BCUT2D eigenvalue weighted by Gasteiger charge is -2.23. The number of aromatic nitrogens is 1. The molecule has 0 aromatic carbocycles. The number of likely N-dealkylation sites (N-methyl/N-ethyl adjacent to an activating group) is 1. The van der Waals surface area contributed by atoms with Gasteiger partial charge < -0.3 is 10.6 Å². The second kappa shape index (κ2) is 5.19.